The third-order valence-corrected chi connectivity index (χ3v) is 4.31. The molecule has 1 aromatic heterocycles. The first-order valence-electron chi connectivity index (χ1n) is 5.69. The van der Waals surface area contributed by atoms with Crippen molar-refractivity contribution in [1.82, 2.24) is 9.97 Å². The summed E-state index contributed by atoms with van der Waals surface area (Å²) in [5.74, 6) is 2.03. The van der Waals surface area contributed by atoms with Gasteiger partial charge in [-0.2, -0.15) is 0 Å². The van der Waals surface area contributed by atoms with E-state index < -0.39 is 0 Å². The minimum absolute atomic E-state index is 0.519. The van der Waals surface area contributed by atoms with Crippen LogP contribution in [0.2, 0.25) is 0 Å². The van der Waals surface area contributed by atoms with Gasteiger partial charge in [0.2, 0.25) is 0 Å². The lowest BCUT2D eigenvalue weighted by Crippen LogP contribution is -2.04. The van der Waals surface area contributed by atoms with Gasteiger partial charge in [-0.1, -0.05) is 25.1 Å². The molecule has 18 heavy (non-hydrogen) atoms. The Bertz CT molecular complexity index is 531. The van der Waals surface area contributed by atoms with Crippen molar-refractivity contribution in [3.8, 4) is 0 Å². The van der Waals surface area contributed by atoms with Gasteiger partial charge >= 0.3 is 0 Å². The van der Waals surface area contributed by atoms with E-state index in [1.807, 2.05) is 18.2 Å². The summed E-state index contributed by atoms with van der Waals surface area (Å²) in [4.78, 5) is 10.0. The fourth-order valence-electron chi connectivity index (χ4n) is 1.53. The van der Waals surface area contributed by atoms with Crippen molar-refractivity contribution in [2.75, 3.05) is 5.73 Å². The van der Waals surface area contributed by atoms with Crippen molar-refractivity contribution in [2.45, 2.75) is 24.0 Å². The van der Waals surface area contributed by atoms with Crippen molar-refractivity contribution in [3.05, 3.63) is 46.3 Å². The maximum atomic E-state index is 5.86. The standard InChI is InChI=1S/C13H14BrN3S/c1-2-10-12(14)13(15)17-11(16-10)8-18-9-6-4-3-5-7-9/h3-7H,2,8H2,1H3,(H2,15,16,17). The van der Waals surface area contributed by atoms with E-state index in [2.05, 4.69) is 45.0 Å². The van der Waals surface area contributed by atoms with Gasteiger partial charge in [-0.25, -0.2) is 9.97 Å². The summed E-state index contributed by atoms with van der Waals surface area (Å²) in [6.07, 6.45) is 0.844. The summed E-state index contributed by atoms with van der Waals surface area (Å²) in [7, 11) is 0. The molecule has 0 fully saturated rings. The van der Waals surface area contributed by atoms with E-state index in [0.717, 1.165) is 28.2 Å². The highest BCUT2D eigenvalue weighted by atomic mass is 79.9. The number of nitrogens with two attached hydrogens (primary N) is 1. The molecule has 0 saturated heterocycles. The molecule has 3 nitrogen and oxygen atoms in total. The Hall–Kier alpha value is -1.07. The number of nitrogen functional groups attached to an aromatic ring is 1. The van der Waals surface area contributed by atoms with Gasteiger partial charge in [0, 0.05) is 4.90 Å². The predicted molar refractivity (Wildman–Crippen MR) is 79.5 cm³/mol. The zero-order valence-electron chi connectivity index (χ0n) is 10.1. The van der Waals surface area contributed by atoms with Crippen molar-refractivity contribution < 1.29 is 0 Å². The molecule has 94 valence electrons. The molecule has 0 saturated carbocycles. The number of nitrogens with zero attached hydrogens (tertiary/aromatic N) is 2. The summed E-state index contributed by atoms with van der Waals surface area (Å²) < 4.78 is 0.818. The van der Waals surface area contributed by atoms with E-state index in [0.29, 0.717) is 5.82 Å². The van der Waals surface area contributed by atoms with Crippen LogP contribution in [-0.4, -0.2) is 9.97 Å². The molecular formula is C13H14BrN3S. The molecule has 0 aliphatic carbocycles. The summed E-state index contributed by atoms with van der Waals surface area (Å²) in [5, 5.41) is 0. The van der Waals surface area contributed by atoms with E-state index in [1.54, 1.807) is 11.8 Å². The minimum atomic E-state index is 0.519. The molecule has 1 aromatic carbocycles. The molecular weight excluding hydrogens is 310 g/mol. The van der Waals surface area contributed by atoms with Crippen molar-refractivity contribution in [1.29, 1.82) is 0 Å². The zero-order valence-corrected chi connectivity index (χ0v) is 12.5. The predicted octanol–water partition coefficient (Wildman–Crippen LogP) is 3.68. The Labute approximate surface area is 119 Å². The topological polar surface area (TPSA) is 51.8 Å². The van der Waals surface area contributed by atoms with Crippen molar-refractivity contribution >= 4 is 33.5 Å². The zero-order chi connectivity index (χ0) is 13.0. The van der Waals surface area contributed by atoms with Crippen LogP contribution in [0.15, 0.2) is 39.7 Å². The molecule has 0 aliphatic heterocycles. The highest BCUT2D eigenvalue weighted by Crippen LogP contribution is 2.25. The number of hydrogen-bond acceptors (Lipinski definition) is 4. The molecule has 0 unspecified atom stereocenters. The van der Waals surface area contributed by atoms with E-state index in [-0.39, 0.29) is 0 Å². The van der Waals surface area contributed by atoms with Crippen LogP contribution in [0.3, 0.4) is 0 Å². The Morgan fingerprint density at radius 2 is 1.94 bits per heavy atom. The van der Waals surface area contributed by atoms with Crippen LogP contribution in [0, 0.1) is 0 Å². The lowest BCUT2D eigenvalue weighted by atomic mass is 10.3. The third-order valence-electron chi connectivity index (χ3n) is 2.44. The van der Waals surface area contributed by atoms with Gasteiger partial charge in [-0.3, -0.25) is 0 Å². The van der Waals surface area contributed by atoms with Crippen LogP contribution in [-0.2, 0) is 12.2 Å². The molecule has 0 spiro atoms. The minimum Gasteiger partial charge on any atom is -0.383 e. The summed E-state index contributed by atoms with van der Waals surface area (Å²) in [5.41, 5.74) is 6.82. The van der Waals surface area contributed by atoms with Gasteiger partial charge in [0.05, 0.1) is 15.9 Å². The molecule has 2 aromatic rings. The second kappa shape index (κ2) is 6.20. The number of benzene rings is 1. The fourth-order valence-corrected chi connectivity index (χ4v) is 2.76. The van der Waals surface area contributed by atoms with Gasteiger partial charge in [0.25, 0.3) is 0 Å². The van der Waals surface area contributed by atoms with Crippen molar-refractivity contribution in [2.24, 2.45) is 0 Å². The quantitative estimate of drug-likeness (QED) is 0.872. The second-order valence-electron chi connectivity index (χ2n) is 3.74. The maximum absolute atomic E-state index is 5.86. The van der Waals surface area contributed by atoms with Crippen LogP contribution in [0.4, 0.5) is 5.82 Å². The Morgan fingerprint density at radius 3 is 2.61 bits per heavy atom. The summed E-state index contributed by atoms with van der Waals surface area (Å²) in [6, 6.07) is 10.2. The number of hydrogen-bond donors (Lipinski definition) is 1. The molecule has 2 N–H and O–H groups in total. The Balaban J connectivity index is 2.13. The highest BCUT2D eigenvalue weighted by Gasteiger charge is 2.08. The fraction of sp³-hybridized carbons (Fsp3) is 0.231. The molecule has 5 heteroatoms. The lowest BCUT2D eigenvalue weighted by Gasteiger charge is -2.07. The molecule has 0 atom stereocenters. The number of anilines is 1. The van der Waals surface area contributed by atoms with Gasteiger partial charge < -0.3 is 5.73 Å². The molecule has 1 heterocycles. The average Bonchev–Trinajstić information content (AvgIpc) is 2.41. The third kappa shape index (κ3) is 3.23. The van der Waals surface area contributed by atoms with Crippen LogP contribution < -0.4 is 5.73 Å². The molecule has 0 amide bonds. The monoisotopic (exact) mass is 323 g/mol. The maximum Gasteiger partial charge on any atom is 0.141 e. The molecule has 0 aliphatic rings. The molecule has 2 rings (SSSR count). The summed E-state index contributed by atoms with van der Waals surface area (Å²) >= 11 is 5.13. The van der Waals surface area contributed by atoms with E-state index >= 15 is 0 Å². The van der Waals surface area contributed by atoms with Gasteiger partial charge in [0.1, 0.15) is 11.6 Å². The first-order chi connectivity index (χ1) is 8.70. The van der Waals surface area contributed by atoms with Crippen LogP contribution >= 0.6 is 27.7 Å². The summed E-state index contributed by atoms with van der Waals surface area (Å²) in [6.45, 7) is 2.06. The normalized spacial score (nSPS) is 10.6. The molecule has 0 radical (unpaired) electrons. The van der Waals surface area contributed by atoms with Crippen molar-refractivity contribution in [3.63, 3.8) is 0 Å². The second-order valence-corrected chi connectivity index (χ2v) is 5.58. The van der Waals surface area contributed by atoms with E-state index in [1.165, 1.54) is 4.90 Å². The van der Waals surface area contributed by atoms with Crippen LogP contribution in [0.1, 0.15) is 18.4 Å². The Morgan fingerprint density at radius 1 is 1.22 bits per heavy atom. The number of aromatic nitrogens is 2. The van der Waals surface area contributed by atoms with E-state index in [9.17, 15) is 0 Å². The smallest absolute Gasteiger partial charge is 0.141 e. The largest absolute Gasteiger partial charge is 0.383 e. The van der Waals surface area contributed by atoms with E-state index in [4.69, 9.17) is 5.73 Å². The first kappa shape index (κ1) is 13.4. The lowest BCUT2D eigenvalue weighted by molar-refractivity contribution is 0.934. The highest BCUT2D eigenvalue weighted by molar-refractivity contribution is 9.10. The number of thioether (sulfide) groups is 1. The van der Waals surface area contributed by atoms with Gasteiger partial charge in [0.15, 0.2) is 0 Å². The molecule has 0 bridgehead atoms. The number of rotatable bonds is 4. The van der Waals surface area contributed by atoms with Gasteiger partial charge in [-0.05, 0) is 34.5 Å². The van der Waals surface area contributed by atoms with Gasteiger partial charge in [-0.15, -0.1) is 11.8 Å². The number of aryl methyl sites for hydroxylation is 1. The Kier molecular flexibility index (Phi) is 4.60. The first-order valence-corrected chi connectivity index (χ1v) is 7.47. The SMILES string of the molecule is CCc1nc(CSc2ccccc2)nc(N)c1Br. The van der Waals surface area contributed by atoms with Crippen LogP contribution in [0.5, 0.6) is 0 Å². The average molecular weight is 324 g/mol. The number of halogens is 1. The van der Waals surface area contributed by atoms with Crippen LogP contribution in [0.25, 0.3) is 0 Å².